The number of anilines is 1. The quantitative estimate of drug-likeness (QED) is 0.341. The predicted molar refractivity (Wildman–Crippen MR) is 156 cm³/mol. The van der Waals surface area contributed by atoms with Crippen molar-refractivity contribution in [2.24, 2.45) is 5.92 Å². The Morgan fingerprint density at radius 2 is 1.49 bits per heavy atom. The van der Waals surface area contributed by atoms with Crippen LogP contribution in [0.3, 0.4) is 0 Å². The van der Waals surface area contributed by atoms with Gasteiger partial charge in [0.2, 0.25) is 11.8 Å². The van der Waals surface area contributed by atoms with E-state index in [1.165, 1.54) is 17.0 Å². The van der Waals surface area contributed by atoms with E-state index >= 15 is 0 Å². The number of carbonyl (C=O) groups excluding carboxylic acids is 2. The van der Waals surface area contributed by atoms with Crippen LogP contribution in [0.2, 0.25) is 0 Å². The number of benzene rings is 3. The normalized spacial score (nSPS) is 12.2. The molecule has 0 aliphatic rings. The first kappa shape index (κ1) is 29.9. The fourth-order valence-corrected chi connectivity index (χ4v) is 5.68. The minimum Gasteiger partial charge on any atom is -0.354 e. The summed E-state index contributed by atoms with van der Waals surface area (Å²) in [6.45, 7) is 9.94. The second-order valence-electron chi connectivity index (χ2n) is 10.2. The Bertz CT molecular complexity index is 1360. The minimum absolute atomic E-state index is 0.0901. The van der Waals surface area contributed by atoms with Crippen LogP contribution in [0.15, 0.2) is 83.8 Å². The standard InChI is InChI=1S/C31H39N3O4S/c1-6-29(31(36)32-20-23(2)3)33(21-26-13-9-7-10-14-26)30(35)22-34(27-18-17-24(4)25(5)19-27)39(37,38)28-15-11-8-12-16-28/h7-19,23,29H,6,20-22H2,1-5H3,(H,32,36). The van der Waals surface area contributed by atoms with Crippen molar-refractivity contribution in [1.29, 1.82) is 0 Å². The van der Waals surface area contributed by atoms with Crippen molar-refractivity contribution in [3.05, 3.63) is 95.6 Å². The van der Waals surface area contributed by atoms with Crippen LogP contribution < -0.4 is 9.62 Å². The molecule has 0 aliphatic carbocycles. The molecule has 0 aromatic heterocycles. The van der Waals surface area contributed by atoms with Crippen molar-refractivity contribution < 1.29 is 18.0 Å². The third-order valence-corrected chi connectivity index (χ3v) is 8.44. The fourth-order valence-electron chi connectivity index (χ4n) is 4.25. The van der Waals surface area contributed by atoms with E-state index in [0.29, 0.717) is 18.7 Å². The summed E-state index contributed by atoms with van der Waals surface area (Å²) in [4.78, 5) is 28.9. The SMILES string of the molecule is CCC(C(=O)NCC(C)C)N(Cc1ccccc1)C(=O)CN(c1ccc(C)c(C)c1)S(=O)(=O)c1ccccc1. The van der Waals surface area contributed by atoms with E-state index in [1.54, 1.807) is 30.3 Å². The molecule has 3 aromatic carbocycles. The Hall–Kier alpha value is -3.65. The summed E-state index contributed by atoms with van der Waals surface area (Å²) >= 11 is 0. The van der Waals surface area contributed by atoms with E-state index < -0.39 is 28.5 Å². The van der Waals surface area contributed by atoms with Gasteiger partial charge in [0, 0.05) is 13.1 Å². The molecule has 0 fully saturated rings. The number of hydrogen-bond acceptors (Lipinski definition) is 4. The van der Waals surface area contributed by atoms with Crippen molar-refractivity contribution >= 4 is 27.5 Å². The highest BCUT2D eigenvalue weighted by Crippen LogP contribution is 2.26. The zero-order chi connectivity index (χ0) is 28.6. The van der Waals surface area contributed by atoms with Gasteiger partial charge in [-0.3, -0.25) is 13.9 Å². The Kier molecular flexibility index (Phi) is 10.3. The molecule has 0 heterocycles. The number of sulfonamides is 1. The van der Waals surface area contributed by atoms with E-state index in [4.69, 9.17) is 0 Å². The zero-order valence-electron chi connectivity index (χ0n) is 23.4. The summed E-state index contributed by atoms with van der Waals surface area (Å²) < 4.78 is 28.9. The maximum absolute atomic E-state index is 14.0. The molecule has 2 amide bonds. The maximum atomic E-state index is 14.0. The van der Waals surface area contributed by atoms with Crippen molar-refractivity contribution in [3.8, 4) is 0 Å². The molecule has 1 unspecified atom stereocenters. The number of aryl methyl sites for hydroxylation is 2. The number of nitrogens with one attached hydrogen (secondary N) is 1. The van der Waals surface area contributed by atoms with Crippen LogP contribution in [0.4, 0.5) is 5.69 Å². The van der Waals surface area contributed by atoms with E-state index in [2.05, 4.69) is 5.32 Å². The van der Waals surface area contributed by atoms with Gasteiger partial charge in [-0.2, -0.15) is 0 Å². The van der Waals surface area contributed by atoms with Gasteiger partial charge in [0.1, 0.15) is 12.6 Å². The summed E-state index contributed by atoms with van der Waals surface area (Å²) in [5, 5.41) is 2.94. The third-order valence-electron chi connectivity index (χ3n) is 6.65. The molecule has 1 atom stereocenters. The fraction of sp³-hybridized carbons (Fsp3) is 0.355. The first-order valence-corrected chi connectivity index (χ1v) is 14.7. The molecular weight excluding hydrogens is 510 g/mol. The lowest BCUT2D eigenvalue weighted by molar-refractivity contribution is -0.140. The first-order valence-electron chi connectivity index (χ1n) is 13.3. The predicted octanol–water partition coefficient (Wildman–Crippen LogP) is 5.08. The van der Waals surface area contributed by atoms with Gasteiger partial charge in [0.05, 0.1) is 10.6 Å². The number of amides is 2. The average Bonchev–Trinajstić information content (AvgIpc) is 2.92. The molecular formula is C31H39N3O4S. The molecule has 0 saturated carbocycles. The van der Waals surface area contributed by atoms with Crippen LogP contribution in [-0.2, 0) is 26.2 Å². The Morgan fingerprint density at radius 1 is 0.872 bits per heavy atom. The highest BCUT2D eigenvalue weighted by atomic mass is 32.2. The van der Waals surface area contributed by atoms with Gasteiger partial charge in [0.15, 0.2) is 0 Å². The van der Waals surface area contributed by atoms with Crippen molar-refractivity contribution in [2.45, 2.75) is 58.5 Å². The van der Waals surface area contributed by atoms with Crippen molar-refractivity contribution in [1.82, 2.24) is 10.2 Å². The van der Waals surface area contributed by atoms with Crippen LogP contribution in [0.25, 0.3) is 0 Å². The molecule has 0 saturated heterocycles. The topological polar surface area (TPSA) is 86.8 Å². The van der Waals surface area contributed by atoms with Crippen LogP contribution in [0.1, 0.15) is 43.9 Å². The minimum atomic E-state index is -4.07. The summed E-state index contributed by atoms with van der Waals surface area (Å²) in [7, 11) is -4.07. The van der Waals surface area contributed by atoms with E-state index in [9.17, 15) is 18.0 Å². The number of hydrogen-bond donors (Lipinski definition) is 1. The second kappa shape index (κ2) is 13.4. The molecule has 39 heavy (non-hydrogen) atoms. The van der Waals surface area contributed by atoms with Crippen LogP contribution in [0, 0.1) is 19.8 Å². The number of rotatable bonds is 12. The van der Waals surface area contributed by atoms with E-state index in [-0.39, 0.29) is 23.3 Å². The third kappa shape index (κ3) is 7.69. The Balaban J connectivity index is 2.04. The van der Waals surface area contributed by atoms with Gasteiger partial charge in [-0.05, 0) is 67.1 Å². The smallest absolute Gasteiger partial charge is 0.264 e. The van der Waals surface area contributed by atoms with Crippen molar-refractivity contribution in [2.75, 3.05) is 17.4 Å². The first-order chi connectivity index (χ1) is 18.5. The molecule has 0 spiro atoms. The molecule has 8 heteroatoms. The molecule has 0 bridgehead atoms. The van der Waals surface area contributed by atoms with E-state index in [0.717, 1.165) is 21.0 Å². The van der Waals surface area contributed by atoms with Crippen LogP contribution >= 0.6 is 0 Å². The van der Waals surface area contributed by atoms with Gasteiger partial charge in [-0.15, -0.1) is 0 Å². The Labute approximate surface area is 232 Å². The van der Waals surface area contributed by atoms with Gasteiger partial charge in [-0.25, -0.2) is 8.42 Å². The monoisotopic (exact) mass is 549 g/mol. The van der Waals surface area contributed by atoms with Gasteiger partial charge in [-0.1, -0.05) is 75.4 Å². The van der Waals surface area contributed by atoms with Gasteiger partial charge < -0.3 is 10.2 Å². The van der Waals surface area contributed by atoms with Crippen LogP contribution in [-0.4, -0.2) is 44.3 Å². The second-order valence-corrected chi connectivity index (χ2v) is 12.0. The summed E-state index contributed by atoms with van der Waals surface area (Å²) in [6.07, 6.45) is 0.386. The lowest BCUT2D eigenvalue weighted by Crippen LogP contribution is -2.52. The molecule has 0 aliphatic heterocycles. The summed E-state index contributed by atoms with van der Waals surface area (Å²) in [5.74, 6) is -0.455. The summed E-state index contributed by atoms with van der Waals surface area (Å²) in [6, 6.07) is 22.1. The van der Waals surface area contributed by atoms with Gasteiger partial charge in [0.25, 0.3) is 10.0 Å². The Morgan fingerprint density at radius 3 is 2.05 bits per heavy atom. The van der Waals surface area contributed by atoms with Crippen LogP contribution in [0.5, 0.6) is 0 Å². The average molecular weight is 550 g/mol. The van der Waals surface area contributed by atoms with Gasteiger partial charge >= 0.3 is 0 Å². The molecule has 0 radical (unpaired) electrons. The lowest BCUT2D eigenvalue weighted by atomic mass is 10.1. The molecule has 3 aromatic rings. The molecule has 1 N–H and O–H groups in total. The molecule has 7 nitrogen and oxygen atoms in total. The largest absolute Gasteiger partial charge is 0.354 e. The number of nitrogens with zero attached hydrogens (tertiary/aromatic N) is 2. The zero-order valence-corrected chi connectivity index (χ0v) is 24.2. The summed E-state index contributed by atoms with van der Waals surface area (Å²) in [5.41, 5.74) is 3.17. The van der Waals surface area contributed by atoms with Crippen molar-refractivity contribution in [3.63, 3.8) is 0 Å². The number of carbonyl (C=O) groups is 2. The molecule has 208 valence electrons. The lowest BCUT2D eigenvalue weighted by Gasteiger charge is -2.33. The maximum Gasteiger partial charge on any atom is 0.264 e. The highest BCUT2D eigenvalue weighted by Gasteiger charge is 2.33. The highest BCUT2D eigenvalue weighted by molar-refractivity contribution is 7.92. The van der Waals surface area contributed by atoms with E-state index in [1.807, 2.05) is 71.0 Å². The molecule has 3 rings (SSSR count).